The zero-order valence-corrected chi connectivity index (χ0v) is 13.6. The predicted octanol–water partition coefficient (Wildman–Crippen LogP) is 4.78. The van der Waals surface area contributed by atoms with Crippen LogP contribution >= 0.6 is 0 Å². The van der Waals surface area contributed by atoms with Crippen LogP contribution in [0.3, 0.4) is 0 Å². The van der Waals surface area contributed by atoms with Crippen molar-refractivity contribution in [2.75, 3.05) is 0 Å². The molecule has 2 aliphatic rings. The lowest BCUT2D eigenvalue weighted by Crippen LogP contribution is -2.33. The Morgan fingerprint density at radius 1 is 1.09 bits per heavy atom. The van der Waals surface area contributed by atoms with Gasteiger partial charge in [0.15, 0.2) is 0 Å². The van der Waals surface area contributed by atoms with E-state index in [-0.39, 0.29) is 11.9 Å². The van der Waals surface area contributed by atoms with Gasteiger partial charge in [0, 0.05) is 6.08 Å². The van der Waals surface area contributed by atoms with Crippen molar-refractivity contribution in [3.63, 3.8) is 0 Å². The molecule has 0 saturated heterocycles. The molecule has 1 atom stereocenters. The highest BCUT2D eigenvalue weighted by Crippen LogP contribution is 2.36. The van der Waals surface area contributed by atoms with Gasteiger partial charge in [-0.2, -0.15) is 0 Å². The quantitative estimate of drug-likeness (QED) is 0.779. The van der Waals surface area contributed by atoms with Crippen molar-refractivity contribution in [2.45, 2.75) is 57.9 Å². The Balaban J connectivity index is 1.73. The molecule has 2 fully saturated rings. The number of benzene rings is 1. The van der Waals surface area contributed by atoms with Gasteiger partial charge in [0.25, 0.3) is 0 Å². The first-order valence-electron chi connectivity index (χ1n) is 8.77. The van der Waals surface area contributed by atoms with E-state index in [4.69, 9.17) is 0 Å². The Morgan fingerprint density at radius 2 is 1.77 bits per heavy atom. The number of amides is 1. The standard InChI is InChI=1S/C20H27NO/c1-15(16-12-13-16)14-19(22)21-20(17-8-4-2-5-9-17)18-10-6-3-7-11-18/h2,4-5,8-9,14,16,18,20H,3,6-7,10-13H2,1H3,(H,21,22)/b15-14+. The van der Waals surface area contributed by atoms with Crippen molar-refractivity contribution in [1.29, 1.82) is 0 Å². The molecule has 0 radical (unpaired) electrons. The van der Waals surface area contributed by atoms with Gasteiger partial charge < -0.3 is 5.32 Å². The monoisotopic (exact) mass is 297 g/mol. The summed E-state index contributed by atoms with van der Waals surface area (Å²) < 4.78 is 0. The van der Waals surface area contributed by atoms with E-state index in [1.807, 2.05) is 12.1 Å². The van der Waals surface area contributed by atoms with Crippen molar-refractivity contribution in [1.82, 2.24) is 5.32 Å². The highest BCUT2D eigenvalue weighted by molar-refractivity contribution is 5.88. The van der Waals surface area contributed by atoms with Crippen molar-refractivity contribution in [3.8, 4) is 0 Å². The van der Waals surface area contributed by atoms with Crippen LogP contribution in [-0.2, 0) is 4.79 Å². The number of nitrogens with one attached hydrogen (secondary N) is 1. The third-order valence-electron chi connectivity index (χ3n) is 5.16. The zero-order valence-electron chi connectivity index (χ0n) is 13.6. The van der Waals surface area contributed by atoms with Gasteiger partial charge >= 0.3 is 0 Å². The van der Waals surface area contributed by atoms with E-state index in [1.54, 1.807) is 0 Å². The van der Waals surface area contributed by atoms with Gasteiger partial charge in [0.2, 0.25) is 5.91 Å². The number of allylic oxidation sites excluding steroid dienone is 1. The van der Waals surface area contributed by atoms with E-state index in [1.165, 1.54) is 56.1 Å². The minimum atomic E-state index is 0.0869. The molecule has 1 amide bonds. The van der Waals surface area contributed by atoms with E-state index in [0.717, 1.165) is 0 Å². The third kappa shape index (κ3) is 4.00. The van der Waals surface area contributed by atoms with E-state index in [9.17, 15) is 4.79 Å². The summed E-state index contributed by atoms with van der Waals surface area (Å²) in [5.74, 6) is 1.33. The summed E-state index contributed by atoms with van der Waals surface area (Å²) in [5, 5.41) is 3.30. The van der Waals surface area contributed by atoms with Gasteiger partial charge in [-0.3, -0.25) is 4.79 Å². The normalized spacial score (nSPS) is 21.4. The maximum atomic E-state index is 12.4. The average molecular weight is 297 g/mol. The molecule has 2 saturated carbocycles. The van der Waals surface area contributed by atoms with E-state index >= 15 is 0 Å². The van der Waals surface area contributed by atoms with Crippen molar-refractivity contribution < 1.29 is 4.79 Å². The predicted molar refractivity (Wildman–Crippen MR) is 90.4 cm³/mol. The minimum absolute atomic E-state index is 0.0869. The molecule has 22 heavy (non-hydrogen) atoms. The highest BCUT2D eigenvalue weighted by atomic mass is 16.1. The molecule has 2 aliphatic carbocycles. The molecule has 118 valence electrons. The average Bonchev–Trinajstić information content (AvgIpc) is 3.39. The maximum Gasteiger partial charge on any atom is 0.244 e. The summed E-state index contributed by atoms with van der Waals surface area (Å²) in [7, 11) is 0. The van der Waals surface area contributed by atoms with Crippen molar-refractivity contribution in [3.05, 3.63) is 47.5 Å². The van der Waals surface area contributed by atoms with Crippen molar-refractivity contribution >= 4 is 5.91 Å². The van der Waals surface area contributed by atoms with Crippen LogP contribution in [0.15, 0.2) is 42.0 Å². The second-order valence-corrected chi connectivity index (χ2v) is 6.96. The number of hydrogen-bond acceptors (Lipinski definition) is 1. The molecule has 0 spiro atoms. The molecule has 1 unspecified atom stereocenters. The lowest BCUT2D eigenvalue weighted by molar-refractivity contribution is -0.117. The number of rotatable bonds is 5. The molecule has 0 aliphatic heterocycles. The number of carbonyl (C=O) groups excluding carboxylic acids is 1. The first-order valence-corrected chi connectivity index (χ1v) is 8.77. The highest BCUT2D eigenvalue weighted by Gasteiger charge is 2.27. The molecule has 0 heterocycles. The summed E-state index contributed by atoms with van der Waals surface area (Å²) >= 11 is 0. The van der Waals surface area contributed by atoms with Gasteiger partial charge in [-0.1, -0.05) is 55.2 Å². The van der Waals surface area contributed by atoms with Crippen LogP contribution in [0.5, 0.6) is 0 Å². The molecule has 3 rings (SSSR count). The lowest BCUT2D eigenvalue weighted by atomic mass is 9.81. The number of hydrogen-bond donors (Lipinski definition) is 1. The fourth-order valence-electron chi connectivity index (χ4n) is 3.66. The Bertz CT molecular complexity index is 524. The molecule has 0 bridgehead atoms. The van der Waals surface area contributed by atoms with Crippen LogP contribution in [0.25, 0.3) is 0 Å². The van der Waals surface area contributed by atoms with E-state index in [0.29, 0.717) is 11.8 Å². The van der Waals surface area contributed by atoms with Gasteiger partial charge in [0.1, 0.15) is 0 Å². The zero-order chi connectivity index (χ0) is 15.4. The maximum absolute atomic E-state index is 12.4. The molecular formula is C20H27NO. The van der Waals surface area contributed by atoms with E-state index < -0.39 is 0 Å². The van der Waals surface area contributed by atoms with Gasteiger partial charge in [-0.25, -0.2) is 0 Å². The summed E-state index contributed by atoms with van der Waals surface area (Å²) in [6, 6.07) is 10.6. The molecule has 2 nitrogen and oxygen atoms in total. The van der Waals surface area contributed by atoms with Crippen molar-refractivity contribution in [2.24, 2.45) is 11.8 Å². The lowest BCUT2D eigenvalue weighted by Gasteiger charge is -2.31. The van der Waals surface area contributed by atoms with Crippen LogP contribution in [0.2, 0.25) is 0 Å². The Hall–Kier alpha value is -1.57. The second-order valence-electron chi connectivity index (χ2n) is 6.96. The summed E-state index contributed by atoms with van der Waals surface area (Å²) in [4.78, 5) is 12.4. The molecule has 1 N–H and O–H groups in total. The summed E-state index contributed by atoms with van der Waals surface area (Å²) in [5.41, 5.74) is 2.49. The van der Waals surface area contributed by atoms with Gasteiger partial charge in [-0.05, 0) is 50.0 Å². The second kappa shape index (κ2) is 7.13. The van der Waals surface area contributed by atoms with Crippen LogP contribution < -0.4 is 5.32 Å². The first-order chi connectivity index (χ1) is 10.7. The largest absolute Gasteiger partial charge is 0.345 e. The fourth-order valence-corrected chi connectivity index (χ4v) is 3.66. The molecular weight excluding hydrogens is 270 g/mol. The molecule has 1 aromatic rings. The third-order valence-corrected chi connectivity index (χ3v) is 5.16. The SMILES string of the molecule is C/C(=C\C(=O)NC(c1ccccc1)C1CCCCC1)C1CC1. The fraction of sp³-hybridized carbons (Fsp3) is 0.550. The first kappa shape index (κ1) is 15.3. The smallest absolute Gasteiger partial charge is 0.244 e. The Labute approximate surface area is 134 Å². The van der Waals surface area contributed by atoms with Crippen LogP contribution in [0.1, 0.15) is 63.5 Å². The molecule has 0 aromatic heterocycles. The Morgan fingerprint density at radius 3 is 2.41 bits per heavy atom. The van der Waals surface area contributed by atoms with Gasteiger partial charge in [0.05, 0.1) is 6.04 Å². The Kier molecular flexibility index (Phi) is 4.97. The van der Waals surface area contributed by atoms with Crippen LogP contribution in [0, 0.1) is 11.8 Å². The minimum Gasteiger partial charge on any atom is -0.345 e. The van der Waals surface area contributed by atoms with Crippen LogP contribution in [-0.4, -0.2) is 5.91 Å². The molecule has 2 heteroatoms. The summed E-state index contributed by atoms with van der Waals surface area (Å²) in [6.07, 6.45) is 10.7. The van der Waals surface area contributed by atoms with E-state index in [2.05, 4.69) is 36.5 Å². The van der Waals surface area contributed by atoms with Crippen LogP contribution in [0.4, 0.5) is 0 Å². The van der Waals surface area contributed by atoms with Gasteiger partial charge in [-0.15, -0.1) is 0 Å². The number of carbonyl (C=O) groups is 1. The topological polar surface area (TPSA) is 29.1 Å². The summed E-state index contributed by atoms with van der Waals surface area (Å²) in [6.45, 7) is 2.09. The molecule has 1 aromatic carbocycles.